The largest absolute Gasteiger partial charge is 0.496 e. The van der Waals surface area contributed by atoms with E-state index in [0.717, 1.165) is 37.4 Å². The Kier molecular flexibility index (Phi) is 7.27. The molecule has 36 heavy (non-hydrogen) atoms. The zero-order valence-corrected chi connectivity index (χ0v) is 21.5. The summed E-state index contributed by atoms with van der Waals surface area (Å²) in [6.07, 6.45) is 1.87. The van der Waals surface area contributed by atoms with E-state index in [-0.39, 0.29) is 18.0 Å². The molecule has 3 unspecified atom stereocenters. The minimum Gasteiger partial charge on any atom is -0.496 e. The second-order valence-electron chi connectivity index (χ2n) is 10.4. The van der Waals surface area contributed by atoms with Gasteiger partial charge in [-0.05, 0) is 41.0 Å². The summed E-state index contributed by atoms with van der Waals surface area (Å²) in [6, 6.07) is 28.3. The van der Waals surface area contributed by atoms with Crippen molar-refractivity contribution in [3.63, 3.8) is 0 Å². The highest BCUT2D eigenvalue weighted by Gasteiger charge is 2.48. The van der Waals surface area contributed by atoms with Gasteiger partial charge < -0.3 is 15.0 Å². The molecule has 0 saturated carbocycles. The van der Waals surface area contributed by atoms with Crippen LogP contribution in [0.25, 0.3) is 0 Å². The van der Waals surface area contributed by atoms with Crippen molar-refractivity contribution in [2.24, 2.45) is 5.92 Å². The number of piperidine rings is 3. The van der Waals surface area contributed by atoms with Gasteiger partial charge in [-0.2, -0.15) is 0 Å². The molecule has 3 heterocycles. The van der Waals surface area contributed by atoms with Crippen molar-refractivity contribution in [3.8, 4) is 5.75 Å². The fourth-order valence-electron chi connectivity index (χ4n) is 6.22. The Bertz CT molecular complexity index is 1180. The highest BCUT2D eigenvalue weighted by molar-refractivity contribution is 5.54. The van der Waals surface area contributed by atoms with Crippen LogP contribution in [-0.2, 0) is 11.3 Å². The fourth-order valence-corrected chi connectivity index (χ4v) is 6.22. The molecule has 1 N–H and O–H groups in total. The van der Waals surface area contributed by atoms with Gasteiger partial charge in [0.05, 0.1) is 18.8 Å². The smallest absolute Gasteiger partial charge is 0.145 e. The van der Waals surface area contributed by atoms with E-state index in [1.807, 2.05) is 0 Å². The van der Waals surface area contributed by atoms with Crippen molar-refractivity contribution in [2.45, 2.75) is 57.2 Å². The summed E-state index contributed by atoms with van der Waals surface area (Å²) >= 11 is 0. The van der Waals surface area contributed by atoms with E-state index in [4.69, 9.17) is 4.74 Å². The third-order valence-corrected chi connectivity index (χ3v) is 8.05. The number of fused-ring (bicyclic) bond motifs is 3. The molecular weight excluding hydrogens is 444 g/mol. The molecule has 186 valence electrons. The average Bonchev–Trinajstić information content (AvgIpc) is 2.93. The Morgan fingerprint density at radius 1 is 0.972 bits per heavy atom. The topological polar surface area (TPSA) is 41.6 Å². The molecule has 4 nitrogen and oxygen atoms in total. The predicted octanol–water partition coefficient (Wildman–Crippen LogP) is 5.92. The van der Waals surface area contributed by atoms with Crippen LogP contribution in [0.2, 0.25) is 0 Å². The quantitative estimate of drug-likeness (QED) is 0.407. The van der Waals surface area contributed by atoms with Crippen LogP contribution in [0.1, 0.15) is 60.8 Å². The maximum Gasteiger partial charge on any atom is 0.145 e. The summed E-state index contributed by atoms with van der Waals surface area (Å²) < 4.78 is 5.72. The van der Waals surface area contributed by atoms with E-state index < -0.39 is 0 Å². The van der Waals surface area contributed by atoms with Gasteiger partial charge >= 0.3 is 0 Å². The number of carbonyl (C=O) groups excluding carboxylic acids is 1. The first-order chi connectivity index (χ1) is 17.6. The molecule has 3 aliphatic heterocycles. The Morgan fingerprint density at radius 3 is 2.22 bits per heavy atom. The van der Waals surface area contributed by atoms with Crippen LogP contribution in [0.3, 0.4) is 0 Å². The number of hydrogen-bond donors (Lipinski definition) is 1. The third kappa shape index (κ3) is 4.72. The number of benzene rings is 3. The minimum atomic E-state index is 0.123. The molecule has 3 atom stereocenters. The van der Waals surface area contributed by atoms with Gasteiger partial charge in [-0.25, -0.2) is 4.79 Å². The van der Waals surface area contributed by atoms with Gasteiger partial charge in [0.1, 0.15) is 11.7 Å². The van der Waals surface area contributed by atoms with E-state index in [0.29, 0.717) is 11.8 Å². The first-order valence-electron chi connectivity index (χ1n) is 13.1. The zero-order valence-electron chi connectivity index (χ0n) is 21.5. The summed E-state index contributed by atoms with van der Waals surface area (Å²) in [5.74, 6) is 4.21. The van der Waals surface area contributed by atoms with Gasteiger partial charge in [-0.15, -0.1) is 0 Å². The van der Waals surface area contributed by atoms with Crippen LogP contribution in [0.15, 0.2) is 84.6 Å². The molecule has 0 amide bonds. The molecule has 3 aromatic rings. The lowest BCUT2D eigenvalue weighted by atomic mass is 9.69. The first kappa shape index (κ1) is 24.4. The second kappa shape index (κ2) is 10.7. The summed E-state index contributed by atoms with van der Waals surface area (Å²) in [6.45, 7) is 6.08. The monoisotopic (exact) mass is 480 g/mol. The van der Waals surface area contributed by atoms with E-state index >= 15 is 0 Å². The van der Waals surface area contributed by atoms with Crippen LogP contribution in [0.5, 0.6) is 5.75 Å². The zero-order chi connectivity index (χ0) is 25.1. The van der Waals surface area contributed by atoms with Crippen molar-refractivity contribution >= 4 is 5.94 Å². The van der Waals surface area contributed by atoms with E-state index in [9.17, 15) is 4.79 Å². The van der Waals surface area contributed by atoms with Crippen molar-refractivity contribution in [1.29, 1.82) is 0 Å². The first-order valence-corrected chi connectivity index (χ1v) is 13.1. The SMILES string of the molecule is COc1ccc(C(C)C)cc1CNC1C2CCN(C(=C=O)C2)C1C(c1ccccc1)c1ccccc1. The molecule has 2 bridgehead atoms. The molecule has 3 aliphatic rings. The van der Waals surface area contributed by atoms with Crippen molar-refractivity contribution in [3.05, 3.63) is 107 Å². The number of methoxy groups -OCH3 is 1. The number of rotatable bonds is 8. The maximum atomic E-state index is 12.0. The lowest BCUT2D eigenvalue weighted by Gasteiger charge is -2.55. The summed E-state index contributed by atoms with van der Waals surface area (Å²) in [5.41, 5.74) is 5.87. The molecule has 6 rings (SSSR count). The molecular formula is C32H36N2O2. The summed E-state index contributed by atoms with van der Waals surface area (Å²) in [5, 5.41) is 3.96. The molecule has 3 aromatic carbocycles. The minimum absolute atomic E-state index is 0.123. The molecule has 0 radical (unpaired) electrons. The highest BCUT2D eigenvalue weighted by atomic mass is 16.5. The van der Waals surface area contributed by atoms with Crippen molar-refractivity contribution in [2.75, 3.05) is 13.7 Å². The van der Waals surface area contributed by atoms with Crippen LogP contribution >= 0.6 is 0 Å². The van der Waals surface area contributed by atoms with Crippen LogP contribution < -0.4 is 10.1 Å². The molecule has 0 aromatic heterocycles. The number of allylic oxidation sites excluding steroid dienone is 1. The number of ether oxygens (including phenoxy) is 1. The number of nitrogens with zero attached hydrogens (tertiary/aromatic N) is 1. The Balaban J connectivity index is 1.54. The number of nitrogens with one attached hydrogen (secondary N) is 1. The Labute approximate surface area is 215 Å². The van der Waals surface area contributed by atoms with Gasteiger partial charge in [-0.3, -0.25) is 0 Å². The van der Waals surface area contributed by atoms with E-state index in [2.05, 4.69) is 109 Å². The molecule has 0 spiro atoms. The normalized spacial score (nSPS) is 21.2. The van der Waals surface area contributed by atoms with Gasteiger partial charge in [0.15, 0.2) is 0 Å². The second-order valence-corrected chi connectivity index (χ2v) is 10.4. The molecule has 4 heteroatoms. The lowest BCUT2D eigenvalue weighted by Crippen LogP contribution is -2.63. The highest BCUT2D eigenvalue weighted by Crippen LogP contribution is 2.45. The number of hydrogen-bond acceptors (Lipinski definition) is 4. The molecule has 0 aliphatic carbocycles. The lowest BCUT2D eigenvalue weighted by molar-refractivity contribution is 0.0424. The molecule has 3 saturated heterocycles. The standard InChI is InChI=1S/C32H36N2O2/c1-22(2)25-14-15-29(36-3)27(18-25)20-33-31-26-16-17-34(28(19-26)21-35)32(31)30(23-10-6-4-7-11-23)24-12-8-5-9-13-24/h4-15,18,22,26,30-33H,16-17,19-20H2,1-3H3. The van der Waals surface area contributed by atoms with E-state index in [1.54, 1.807) is 7.11 Å². The van der Waals surface area contributed by atoms with Crippen molar-refractivity contribution in [1.82, 2.24) is 10.2 Å². The van der Waals surface area contributed by atoms with E-state index in [1.165, 1.54) is 22.3 Å². The van der Waals surface area contributed by atoms with Crippen LogP contribution in [0, 0.1) is 5.92 Å². The summed E-state index contributed by atoms with van der Waals surface area (Å²) in [4.78, 5) is 14.4. The van der Waals surface area contributed by atoms with Gasteiger partial charge in [-0.1, -0.05) is 86.6 Å². The van der Waals surface area contributed by atoms with Crippen LogP contribution in [-0.4, -0.2) is 36.6 Å². The van der Waals surface area contributed by atoms with Crippen LogP contribution in [0.4, 0.5) is 0 Å². The van der Waals surface area contributed by atoms with Gasteiger partial charge in [0, 0.05) is 37.0 Å². The Hall–Kier alpha value is -3.33. The van der Waals surface area contributed by atoms with Crippen molar-refractivity contribution < 1.29 is 9.53 Å². The maximum absolute atomic E-state index is 12.0. The summed E-state index contributed by atoms with van der Waals surface area (Å²) in [7, 11) is 1.74. The average molecular weight is 481 g/mol. The Morgan fingerprint density at radius 2 is 1.64 bits per heavy atom. The fraction of sp³-hybridized carbons (Fsp3) is 0.375. The van der Waals surface area contributed by atoms with Gasteiger partial charge in [0.25, 0.3) is 0 Å². The van der Waals surface area contributed by atoms with Gasteiger partial charge in [0.2, 0.25) is 0 Å². The molecule has 3 fully saturated rings. The third-order valence-electron chi connectivity index (χ3n) is 8.05. The predicted molar refractivity (Wildman–Crippen MR) is 145 cm³/mol.